The van der Waals surface area contributed by atoms with E-state index in [1.807, 2.05) is 0 Å². The summed E-state index contributed by atoms with van der Waals surface area (Å²) in [6.45, 7) is 3.03. The fourth-order valence-electron chi connectivity index (χ4n) is 4.45. The van der Waals surface area contributed by atoms with Crippen molar-refractivity contribution in [1.82, 2.24) is 15.5 Å². The van der Waals surface area contributed by atoms with Gasteiger partial charge >= 0.3 is 0 Å². The second kappa shape index (κ2) is 10.9. The Labute approximate surface area is 206 Å². The molecule has 9 heteroatoms. The van der Waals surface area contributed by atoms with Gasteiger partial charge in [-0.25, -0.2) is 12.8 Å². The highest BCUT2D eigenvalue weighted by molar-refractivity contribution is 7.91. The first kappa shape index (κ1) is 25.3. The highest BCUT2D eigenvalue weighted by atomic mass is 32.2. The standard InChI is InChI=1S/C26H32FN3O4S/c1-18-4-6-19(7-5-18)22-17-24(22)28-12-2-3-23(26(32)30-13-15-35(33,34)16-14-30)29-25(31)20-8-10-21(27)11-9-20/h4-11,22-24,28H,2-3,12-17H2,1H3,(H,29,31)/t22-,23-,24+/m0/s1. The molecule has 0 bridgehead atoms. The summed E-state index contributed by atoms with van der Waals surface area (Å²) in [7, 11) is -3.13. The summed E-state index contributed by atoms with van der Waals surface area (Å²) in [4.78, 5) is 27.4. The number of carbonyl (C=O) groups excluding carboxylic acids is 2. The van der Waals surface area contributed by atoms with Gasteiger partial charge < -0.3 is 15.5 Å². The van der Waals surface area contributed by atoms with Gasteiger partial charge in [0.25, 0.3) is 5.91 Å². The van der Waals surface area contributed by atoms with Crippen LogP contribution in [0.3, 0.4) is 0 Å². The summed E-state index contributed by atoms with van der Waals surface area (Å²) in [5, 5.41) is 6.32. The van der Waals surface area contributed by atoms with E-state index >= 15 is 0 Å². The zero-order valence-corrected chi connectivity index (χ0v) is 20.7. The van der Waals surface area contributed by atoms with Crippen molar-refractivity contribution in [2.24, 2.45) is 0 Å². The average Bonchev–Trinajstić information content (AvgIpc) is 3.61. The lowest BCUT2D eigenvalue weighted by Crippen LogP contribution is -2.53. The van der Waals surface area contributed by atoms with E-state index in [1.54, 1.807) is 0 Å². The molecule has 3 atom stereocenters. The number of nitrogens with one attached hydrogen (secondary N) is 2. The maximum Gasteiger partial charge on any atom is 0.251 e. The topological polar surface area (TPSA) is 95.6 Å². The van der Waals surface area contributed by atoms with E-state index in [1.165, 1.54) is 40.3 Å². The fourth-order valence-corrected chi connectivity index (χ4v) is 5.65. The summed E-state index contributed by atoms with van der Waals surface area (Å²) in [5.41, 5.74) is 2.83. The highest BCUT2D eigenvalue weighted by Gasteiger charge is 2.37. The van der Waals surface area contributed by atoms with Crippen LogP contribution in [0.1, 0.15) is 46.7 Å². The van der Waals surface area contributed by atoms with Crippen molar-refractivity contribution < 1.29 is 22.4 Å². The molecule has 4 rings (SSSR count). The third-order valence-electron chi connectivity index (χ3n) is 6.74. The Hall–Kier alpha value is -2.78. The largest absolute Gasteiger partial charge is 0.340 e. The van der Waals surface area contributed by atoms with Crippen LogP contribution in [0, 0.1) is 12.7 Å². The number of hydrogen-bond acceptors (Lipinski definition) is 5. The molecule has 1 aliphatic carbocycles. The van der Waals surface area contributed by atoms with Crippen LogP contribution in [0.4, 0.5) is 4.39 Å². The molecule has 2 N–H and O–H groups in total. The monoisotopic (exact) mass is 501 g/mol. The second-order valence-corrected chi connectivity index (χ2v) is 11.8. The molecule has 1 heterocycles. The van der Waals surface area contributed by atoms with Crippen LogP contribution >= 0.6 is 0 Å². The first-order chi connectivity index (χ1) is 16.7. The maximum atomic E-state index is 13.2. The minimum Gasteiger partial charge on any atom is -0.340 e. The number of benzene rings is 2. The Kier molecular flexibility index (Phi) is 7.86. The van der Waals surface area contributed by atoms with Crippen molar-refractivity contribution in [3.8, 4) is 0 Å². The second-order valence-electron chi connectivity index (χ2n) is 9.47. The molecule has 1 saturated heterocycles. The van der Waals surface area contributed by atoms with Gasteiger partial charge in [0, 0.05) is 30.6 Å². The molecule has 2 amide bonds. The molecule has 35 heavy (non-hydrogen) atoms. The van der Waals surface area contributed by atoms with Crippen molar-refractivity contribution in [2.75, 3.05) is 31.1 Å². The predicted molar refractivity (Wildman–Crippen MR) is 132 cm³/mol. The summed E-state index contributed by atoms with van der Waals surface area (Å²) >= 11 is 0. The maximum absolute atomic E-state index is 13.2. The van der Waals surface area contributed by atoms with Gasteiger partial charge in [-0.3, -0.25) is 9.59 Å². The molecule has 0 spiro atoms. The zero-order valence-electron chi connectivity index (χ0n) is 19.9. The quantitative estimate of drug-likeness (QED) is 0.515. The molecule has 2 aliphatic rings. The highest BCUT2D eigenvalue weighted by Crippen LogP contribution is 2.40. The number of aryl methyl sites for hydroxylation is 1. The van der Waals surface area contributed by atoms with Crippen molar-refractivity contribution in [3.63, 3.8) is 0 Å². The molecule has 1 aliphatic heterocycles. The minimum atomic E-state index is -3.13. The Bertz CT molecular complexity index is 1140. The average molecular weight is 502 g/mol. The number of halogens is 1. The number of carbonyl (C=O) groups is 2. The molecule has 0 radical (unpaired) electrons. The molecule has 0 unspecified atom stereocenters. The fraction of sp³-hybridized carbons (Fsp3) is 0.462. The normalized spacial score (nSPS) is 21.8. The molecule has 2 aromatic carbocycles. The first-order valence-corrected chi connectivity index (χ1v) is 13.9. The lowest BCUT2D eigenvalue weighted by Gasteiger charge is -2.30. The van der Waals surface area contributed by atoms with Gasteiger partial charge in [0.05, 0.1) is 11.5 Å². The van der Waals surface area contributed by atoms with E-state index < -0.39 is 27.6 Å². The number of rotatable bonds is 9. The van der Waals surface area contributed by atoms with Crippen LogP contribution in [-0.2, 0) is 14.6 Å². The Morgan fingerprint density at radius 1 is 1.06 bits per heavy atom. The van der Waals surface area contributed by atoms with Crippen LogP contribution < -0.4 is 10.6 Å². The minimum absolute atomic E-state index is 0.0684. The molecular formula is C26H32FN3O4S. The summed E-state index contributed by atoms with van der Waals surface area (Å²) in [6, 6.07) is 13.4. The molecule has 2 fully saturated rings. The summed E-state index contributed by atoms with van der Waals surface area (Å²) in [5.74, 6) is -0.815. The van der Waals surface area contributed by atoms with Crippen molar-refractivity contribution in [3.05, 3.63) is 71.0 Å². The number of hydrogen-bond donors (Lipinski definition) is 2. The zero-order chi connectivity index (χ0) is 25.0. The number of nitrogens with zero attached hydrogens (tertiary/aromatic N) is 1. The van der Waals surface area contributed by atoms with Crippen molar-refractivity contribution in [2.45, 2.75) is 44.2 Å². The third-order valence-corrected chi connectivity index (χ3v) is 8.35. The molecule has 0 aromatic heterocycles. The Balaban J connectivity index is 1.32. The predicted octanol–water partition coefficient (Wildman–Crippen LogP) is 2.42. The van der Waals surface area contributed by atoms with Crippen LogP contribution in [-0.4, -0.2) is 68.4 Å². The molecule has 1 saturated carbocycles. The van der Waals surface area contributed by atoms with Crippen molar-refractivity contribution >= 4 is 21.7 Å². The van der Waals surface area contributed by atoms with Crippen molar-refractivity contribution in [1.29, 1.82) is 0 Å². The van der Waals surface area contributed by atoms with E-state index in [-0.39, 0.29) is 36.1 Å². The lowest BCUT2D eigenvalue weighted by atomic mass is 10.1. The van der Waals surface area contributed by atoms with Crippen LogP contribution in [0.2, 0.25) is 0 Å². The Morgan fingerprint density at radius 2 is 1.71 bits per heavy atom. The van der Waals surface area contributed by atoms with Crippen LogP contribution in [0.5, 0.6) is 0 Å². The van der Waals surface area contributed by atoms with Gasteiger partial charge in [0.2, 0.25) is 5.91 Å². The van der Waals surface area contributed by atoms with Gasteiger partial charge in [0.1, 0.15) is 11.9 Å². The molecule has 7 nitrogen and oxygen atoms in total. The number of sulfone groups is 1. The molecule has 188 valence electrons. The lowest BCUT2D eigenvalue weighted by molar-refractivity contribution is -0.133. The molecule has 2 aromatic rings. The third kappa shape index (κ3) is 6.89. The van der Waals surface area contributed by atoms with Gasteiger partial charge in [-0.05, 0) is 62.6 Å². The smallest absolute Gasteiger partial charge is 0.251 e. The number of amides is 2. The van der Waals surface area contributed by atoms with Gasteiger partial charge in [-0.15, -0.1) is 0 Å². The van der Waals surface area contributed by atoms with E-state index in [0.717, 1.165) is 6.42 Å². The summed E-state index contributed by atoms with van der Waals surface area (Å²) < 4.78 is 36.7. The Morgan fingerprint density at radius 3 is 2.37 bits per heavy atom. The van der Waals surface area contributed by atoms with Gasteiger partial charge in [-0.2, -0.15) is 0 Å². The molecular weight excluding hydrogens is 469 g/mol. The van der Waals surface area contributed by atoms with E-state index in [4.69, 9.17) is 0 Å². The van der Waals surface area contributed by atoms with Crippen LogP contribution in [0.15, 0.2) is 48.5 Å². The van der Waals surface area contributed by atoms with Crippen LogP contribution in [0.25, 0.3) is 0 Å². The first-order valence-electron chi connectivity index (χ1n) is 12.1. The van der Waals surface area contributed by atoms with E-state index in [9.17, 15) is 22.4 Å². The van der Waals surface area contributed by atoms with E-state index in [0.29, 0.717) is 31.3 Å². The summed E-state index contributed by atoms with van der Waals surface area (Å²) in [6.07, 6.45) is 2.17. The SMILES string of the molecule is Cc1ccc([C@@H]2C[C@H]2NCCC[C@H](NC(=O)c2ccc(F)cc2)C(=O)N2CCS(=O)(=O)CC2)cc1. The van der Waals surface area contributed by atoms with Gasteiger partial charge in [-0.1, -0.05) is 29.8 Å². The van der Waals surface area contributed by atoms with E-state index in [2.05, 4.69) is 41.8 Å². The van der Waals surface area contributed by atoms with Gasteiger partial charge in [0.15, 0.2) is 9.84 Å².